The fourth-order valence-corrected chi connectivity index (χ4v) is 3.90. The summed E-state index contributed by atoms with van der Waals surface area (Å²) in [6.07, 6.45) is 1.69. The molecule has 0 spiro atoms. The second-order valence-corrected chi connectivity index (χ2v) is 7.19. The number of ether oxygens (including phenoxy) is 2. The van der Waals surface area contributed by atoms with Gasteiger partial charge in [-0.2, -0.15) is 5.10 Å². The molecule has 1 aliphatic heterocycles. The Hall–Kier alpha value is -2.39. The maximum Gasteiger partial charge on any atom is 0.217 e. The van der Waals surface area contributed by atoms with E-state index >= 15 is 0 Å². The lowest BCUT2D eigenvalue weighted by Gasteiger charge is -2.29. The van der Waals surface area contributed by atoms with Gasteiger partial charge in [-0.3, -0.25) is 9.69 Å². The first-order valence-corrected chi connectivity index (χ1v) is 9.78. The monoisotopic (exact) mass is 405 g/mol. The Balaban J connectivity index is 1.78. The molecule has 1 amide bonds. The molecular formula is C19H27N5O3S. The van der Waals surface area contributed by atoms with Gasteiger partial charge in [-0.1, -0.05) is 0 Å². The van der Waals surface area contributed by atoms with E-state index in [4.69, 9.17) is 27.4 Å². The van der Waals surface area contributed by atoms with Crippen molar-refractivity contribution in [2.45, 2.75) is 45.9 Å². The second kappa shape index (κ2) is 8.74. The molecule has 0 saturated carbocycles. The van der Waals surface area contributed by atoms with E-state index in [1.165, 1.54) is 11.1 Å². The smallest absolute Gasteiger partial charge is 0.217 e. The standard InChI is InChI=1S/C19H27N5O3S/c1-4-23-18(6-5-17(20)25)21-24(19(23)28)12-22-8-7-13-9-15(26-2)16(27-3)10-14(13)11-22/h9-10H,4-8,11-12H2,1-3H3,(H2,20,25). The minimum atomic E-state index is -0.333. The summed E-state index contributed by atoms with van der Waals surface area (Å²) in [5, 5.41) is 4.65. The van der Waals surface area contributed by atoms with E-state index in [0.29, 0.717) is 24.4 Å². The van der Waals surface area contributed by atoms with Crippen LogP contribution in [0.3, 0.4) is 0 Å². The number of nitrogens with zero attached hydrogens (tertiary/aromatic N) is 4. The SMILES string of the molecule is CCn1c(CCC(N)=O)nn(CN2CCc3cc(OC)c(OC)cc3C2)c1=S. The van der Waals surface area contributed by atoms with Gasteiger partial charge >= 0.3 is 0 Å². The van der Waals surface area contributed by atoms with Crippen LogP contribution in [0.4, 0.5) is 0 Å². The molecule has 8 nitrogen and oxygen atoms in total. The molecule has 0 saturated heterocycles. The summed E-state index contributed by atoms with van der Waals surface area (Å²) < 4.78 is 15.3. The molecule has 3 rings (SSSR count). The Labute approximate surface area is 169 Å². The number of amides is 1. The van der Waals surface area contributed by atoms with Crippen molar-refractivity contribution in [3.8, 4) is 11.5 Å². The van der Waals surface area contributed by atoms with Crippen LogP contribution in [0, 0.1) is 4.77 Å². The summed E-state index contributed by atoms with van der Waals surface area (Å²) >= 11 is 5.59. The number of hydrogen-bond donors (Lipinski definition) is 1. The van der Waals surface area contributed by atoms with Crippen molar-refractivity contribution in [2.24, 2.45) is 5.73 Å². The highest BCUT2D eigenvalue weighted by Gasteiger charge is 2.21. The number of hydrogen-bond acceptors (Lipinski definition) is 6. The van der Waals surface area contributed by atoms with E-state index in [9.17, 15) is 4.79 Å². The Morgan fingerprint density at radius 3 is 2.54 bits per heavy atom. The van der Waals surface area contributed by atoms with Crippen LogP contribution in [0.1, 0.15) is 30.3 Å². The van der Waals surface area contributed by atoms with E-state index < -0.39 is 0 Å². The van der Waals surface area contributed by atoms with Gasteiger partial charge in [0.2, 0.25) is 5.91 Å². The highest BCUT2D eigenvalue weighted by atomic mass is 32.1. The predicted octanol–water partition coefficient (Wildman–Crippen LogP) is 1.88. The average Bonchev–Trinajstić information content (AvgIpc) is 2.99. The molecule has 0 aliphatic carbocycles. The number of carbonyl (C=O) groups excluding carboxylic acids is 1. The van der Waals surface area contributed by atoms with Crippen molar-refractivity contribution in [3.63, 3.8) is 0 Å². The second-order valence-electron chi connectivity index (χ2n) is 6.83. The van der Waals surface area contributed by atoms with Crippen LogP contribution in [0.25, 0.3) is 0 Å². The first kappa shape index (κ1) is 20.3. The van der Waals surface area contributed by atoms with Crippen LogP contribution in [-0.4, -0.2) is 45.9 Å². The van der Waals surface area contributed by atoms with Gasteiger partial charge in [-0.05, 0) is 48.8 Å². The number of rotatable bonds is 8. The van der Waals surface area contributed by atoms with E-state index in [2.05, 4.69) is 16.1 Å². The quantitative estimate of drug-likeness (QED) is 0.675. The van der Waals surface area contributed by atoms with Crippen molar-refractivity contribution in [1.29, 1.82) is 0 Å². The molecule has 2 N–H and O–H groups in total. The van der Waals surface area contributed by atoms with Gasteiger partial charge in [0, 0.05) is 32.5 Å². The van der Waals surface area contributed by atoms with Crippen molar-refractivity contribution in [1.82, 2.24) is 19.2 Å². The molecule has 0 unspecified atom stereocenters. The molecule has 1 aromatic heterocycles. The molecule has 0 atom stereocenters. The highest BCUT2D eigenvalue weighted by molar-refractivity contribution is 7.71. The fourth-order valence-electron chi connectivity index (χ4n) is 3.57. The molecule has 152 valence electrons. The fraction of sp³-hybridized carbons (Fsp3) is 0.526. The van der Waals surface area contributed by atoms with E-state index in [-0.39, 0.29) is 12.3 Å². The minimum absolute atomic E-state index is 0.268. The van der Waals surface area contributed by atoms with Gasteiger partial charge in [0.15, 0.2) is 16.3 Å². The van der Waals surface area contributed by atoms with E-state index in [1.54, 1.807) is 14.2 Å². The number of primary amides is 1. The van der Waals surface area contributed by atoms with Crippen molar-refractivity contribution in [2.75, 3.05) is 20.8 Å². The normalized spacial score (nSPS) is 14.0. The summed E-state index contributed by atoms with van der Waals surface area (Å²) in [6, 6.07) is 4.10. The van der Waals surface area contributed by atoms with Gasteiger partial charge in [-0.15, -0.1) is 0 Å². The van der Waals surface area contributed by atoms with Crippen molar-refractivity contribution in [3.05, 3.63) is 33.9 Å². The van der Waals surface area contributed by atoms with E-state index in [0.717, 1.165) is 36.8 Å². The Morgan fingerprint density at radius 2 is 1.93 bits per heavy atom. The number of aryl methyl sites for hydroxylation is 1. The molecule has 0 bridgehead atoms. The number of benzene rings is 1. The molecule has 2 aromatic rings. The number of carbonyl (C=O) groups is 1. The lowest BCUT2D eigenvalue weighted by Crippen LogP contribution is -2.33. The average molecular weight is 406 g/mol. The number of fused-ring (bicyclic) bond motifs is 1. The number of methoxy groups -OCH3 is 2. The third kappa shape index (κ3) is 4.20. The van der Waals surface area contributed by atoms with Crippen molar-refractivity contribution >= 4 is 18.1 Å². The summed E-state index contributed by atoms with van der Waals surface area (Å²) in [6.45, 7) is 5.02. The van der Waals surface area contributed by atoms with E-state index in [1.807, 2.05) is 22.2 Å². The van der Waals surface area contributed by atoms with Crippen LogP contribution in [-0.2, 0) is 37.4 Å². The third-order valence-electron chi connectivity index (χ3n) is 5.04. The molecule has 1 aliphatic rings. The van der Waals surface area contributed by atoms with Crippen LogP contribution >= 0.6 is 12.2 Å². The lowest BCUT2D eigenvalue weighted by atomic mass is 9.99. The van der Waals surface area contributed by atoms with Crippen LogP contribution in [0.5, 0.6) is 11.5 Å². The van der Waals surface area contributed by atoms with Crippen LogP contribution in [0.15, 0.2) is 12.1 Å². The Kier molecular flexibility index (Phi) is 6.35. The van der Waals surface area contributed by atoms with Crippen molar-refractivity contribution < 1.29 is 14.3 Å². The highest BCUT2D eigenvalue weighted by Crippen LogP contribution is 2.33. The van der Waals surface area contributed by atoms with Crippen LogP contribution in [0.2, 0.25) is 0 Å². The largest absolute Gasteiger partial charge is 0.493 e. The third-order valence-corrected chi connectivity index (χ3v) is 5.47. The zero-order chi connectivity index (χ0) is 20.3. The van der Waals surface area contributed by atoms with Gasteiger partial charge < -0.3 is 19.8 Å². The summed E-state index contributed by atoms with van der Waals surface area (Å²) in [5.74, 6) is 1.97. The molecule has 1 aromatic carbocycles. The van der Waals surface area contributed by atoms with Gasteiger partial charge in [-0.25, -0.2) is 4.68 Å². The van der Waals surface area contributed by atoms with Crippen LogP contribution < -0.4 is 15.2 Å². The molecule has 9 heteroatoms. The lowest BCUT2D eigenvalue weighted by molar-refractivity contribution is -0.118. The number of aromatic nitrogens is 3. The minimum Gasteiger partial charge on any atom is -0.493 e. The molecule has 2 heterocycles. The Bertz CT molecular complexity index is 921. The van der Waals surface area contributed by atoms with Gasteiger partial charge in [0.1, 0.15) is 5.82 Å². The molecule has 28 heavy (non-hydrogen) atoms. The first-order valence-electron chi connectivity index (χ1n) is 9.37. The summed E-state index contributed by atoms with van der Waals surface area (Å²) in [7, 11) is 3.30. The summed E-state index contributed by atoms with van der Waals surface area (Å²) in [5.41, 5.74) is 7.78. The topological polar surface area (TPSA) is 87.5 Å². The molecule has 0 fully saturated rings. The molecular weight excluding hydrogens is 378 g/mol. The van der Waals surface area contributed by atoms with Gasteiger partial charge in [0.25, 0.3) is 0 Å². The zero-order valence-electron chi connectivity index (χ0n) is 16.6. The maximum atomic E-state index is 11.1. The summed E-state index contributed by atoms with van der Waals surface area (Å²) in [4.78, 5) is 13.4. The predicted molar refractivity (Wildman–Crippen MR) is 108 cm³/mol. The Morgan fingerprint density at radius 1 is 1.25 bits per heavy atom. The first-order chi connectivity index (χ1) is 13.5. The van der Waals surface area contributed by atoms with Gasteiger partial charge in [0.05, 0.1) is 20.9 Å². The number of nitrogens with two attached hydrogens (primary N) is 1. The zero-order valence-corrected chi connectivity index (χ0v) is 17.4. The maximum absolute atomic E-state index is 11.1. The molecule has 0 radical (unpaired) electrons.